The van der Waals surface area contributed by atoms with Crippen LogP contribution in [0.1, 0.15) is 30.1 Å². The van der Waals surface area contributed by atoms with E-state index in [0.29, 0.717) is 5.56 Å². The topological polar surface area (TPSA) is 84.5 Å². The molecule has 1 amide bonds. The van der Waals surface area contributed by atoms with Crippen molar-refractivity contribution in [1.82, 2.24) is 10.0 Å². The number of hydrogen-bond donors (Lipinski definition) is 2. The fourth-order valence-corrected chi connectivity index (χ4v) is 3.03. The van der Waals surface area contributed by atoms with Crippen LogP contribution < -0.4 is 14.8 Å². The molecule has 0 bridgehead atoms. The normalized spacial score (nSPS) is 14.9. The Labute approximate surface area is 118 Å². The Balaban J connectivity index is 2.35. The Bertz CT molecular complexity index is 609. The molecule has 1 saturated carbocycles. The summed E-state index contributed by atoms with van der Waals surface area (Å²) in [7, 11) is -2.28. The number of ether oxygens (including phenoxy) is 1. The summed E-state index contributed by atoms with van der Waals surface area (Å²) in [5, 5.41) is 2.82. The predicted molar refractivity (Wildman–Crippen MR) is 74.3 cm³/mol. The SMILES string of the molecule is CCNS(=O)(=O)c1cc(C(=O)NC2CC2)ccc1OC. The Kier molecular flexibility index (Phi) is 4.29. The molecule has 110 valence electrons. The van der Waals surface area contributed by atoms with Gasteiger partial charge in [-0.2, -0.15) is 0 Å². The maximum absolute atomic E-state index is 12.1. The summed E-state index contributed by atoms with van der Waals surface area (Å²) in [6, 6.07) is 4.61. The molecule has 2 N–H and O–H groups in total. The molecule has 0 radical (unpaired) electrons. The van der Waals surface area contributed by atoms with Crippen LogP contribution >= 0.6 is 0 Å². The molecule has 0 heterocycles. The van der Waals surface area contributed by atoms with Gasteiger partial charge in [0.2, 0.25) is 10.0 Å². The molecule has 1 aromatic carbocycles. The van der Waals surface area contributed by atoms with Crippen LogP contribution in [0.15, 0.2) is 23.1 Å². The smallest absolute Gasteiger partial charge is 0.251 e. The molecular formula is C13H18N2O4S. The first-order chi connectivity index (χ1) is 9.47. The van der Waals surface area contributed by atoms with Crippen LogP contribution in [0.4, 0.5) is 0 Å². The summed E-state index contributed by atoms with van der Waals surface area (Å²) in [4.78, 5) is 11.9. The highest BCUT2D eigenvalue weighted by Crippen LogP contribution is 2.25. The Morgan fingerprint density at radius 2 is 2.10 bits per heavy atom. The molecule has 6 nitrogen and oxygen atoms in total. The first kappa shape index (κ1) is 14.8. The largest absolute Gasteiger partial charge is 0.495 e. The van der Waals surface area contributed by atoms with E-state index in [0.717, 1.165) is 12.8 Å². The maximum atomic E-state index is 12.1. The molecular weight excluding hydrogens is 280 g/mol. The fourth-order valence-electron chi connectivity index (χ4n) is 1.79. The monoisotopic (exact) mass is 298 g/mol. The number of sulfonamides is 1. The number of hydrogen-bond acceptors (Lipinski definition) is 4. The van der Waals surface area contributed by atoms with Crippen molar-refractivity contribution < 1.29 is 17.9 Å². The molecule has 7 heteroatoms. The highest BCUT2D eigenvalue weighted by Gasteiger charge is 2.25. The van der Waals surface area contributed by atoms with Gasteiger partial charge in [-0.05, 0) is 31.0 Å². The van der Waals surface area contributed by atoms with Gasteiger partial charge in [0.15, 0.2) is 0 Å². The molecule has 1 fully saturated rings. The summed E-state index contributed by atoms with van der Waals surface area (Å²) in [6.45, 7) is 1.96. The Morgan fingerprint density at radius 1 is 1.40 bits per heavy atom. The Hall–Kier alpha value is -1.60. The van der Waals surface area contributed by atoms with E-state index in [4.69, 9.17) is 4.74 Å². The summed E-state index contributed by atoms with van der Waals surface area (Å²) in [6.07, 6.45) is 1.95. The van der Waals surface area contributed by atoms with Crippen molar-refractivity contribution in [3.8, 4) is 5.75 Å². The molecule has 0 aromatic heterocycles. The first-order valence-electron chi connectivity index (χ1n) is 6.46. The van der Waals surface area contributed by atoms with Gasteiger partial charge in [0.1, 0.15) is 10.6 Å². The van der Waals surface area contributed by atoms with E-state index >= 15 is 0 Å². The third kappa shape index (κ3) is 3.29. The summed E-state index contributed by atoms with van der Waals surface area (Å²) in [5.74, 6) is -0.0444. The molecule has 0 atom stereocenters. The lowest BCUT2D eigenvalue weighted by atomic mass is 10.2. The summed E-state index contributed by atoms with van der Waals surface area (Å²) >= 11 is 0. The van der Waals surface area contributed by atoms with Gasteiger partial charge in [0.25, 0.3) is 5.91 Å². The van der Waals surface area contributed by atoms with E-state index in [2.05, 4.69) is 10.0 Å². The lowest BCUT2D eigenvalue weighted by Gasteiger charge is -2.11. The summed E-state index contributed by atoms with van der Waals surface area (Å²) < 4.78 is 31.6. The van der Waals surface area contributed by atoms with Crippen LogP contribution in [0.25, 0.3) is 0 Å². The number of amides is 1. The van der Waals surface area contributed by atoms with Gasteiger partial charge in [-0.15, -0.1) is 0 Å². The van der Waals surface area contributed by atoms with E-state index < -0.39 is 10.0 Å². The quantitative estimate of drug-likeness (QED) is 0.816. The third-order valence-corrected chi connectivity index (χ3v) is 4.53. The number of methoxy groups -OCH3 is 1. The minimum atomic E-state index is -3.68. The van der Waals surface area contributed by atoms with Crippen molar-refractivity contribution >= 4 is 15.9 Å². The van der Waals surface area contributed by atoms with E-state index in [-0.39, 0.29) is 29.1 Å². The van der Waals surface area contributed by atoms with Gasteiger partial charge in [-0.3, -0.25) is 4.79 Å². The average Bonchev–Trinajstić information content (AvgIpc) is 3.21. The van der Waals surface area contributed by atoms with Crippen LogP contribution in [0.2, 0.25) is 0 Å². The maximum Gasteiger partial charge on any atom is 0.251 e. The van der Waals surface area contributed by atoms with Crippen molar-refractivity contribution in [2.75, 3.05) is 13.7 Å². The molecule has 0 spiro atoms. The zero-order chi connectivity index (χ0) is 14.8. The van der Waals surface area contributed by atoms with Crippen molar-refractivity contribution in [2.45, 2.75) is 30.7 Å². The van der Waals surface area contributed by atoms with Crippen LogP contribution in [0, 0.1) is 0 Å². The van der Waals surface area contributed by atoms with Crippen LogP contribution in [0.5, 0.6) is 5.75 Å². The van der Waals surface area contributed by atoms with Gasteiger partial charge in [-0.25, -0.2) is 13.1 Å². The van der Waals surface area contributed by atoms with Crippen LogP contribution in [0.3, 0.4) is 0 Å². The second-order valence-electron chi connectivity index (χ2n) is 4.61. The molecule has 0 saturated heterocycles. The third-order valence-electron chi connectivity index (χ3n) is 2.96. The summed E-state index contributed by atoms with van der Waals surface area (Å²) in [5.41, 5.74) is 0.314. The van der Waals surface area contributed by atoms with E-state index in [1.165, 1.54) is 19.2 Å². The number of carbonyl (C=O) groups is 1. The van der Waals surface area contributed by atoms with E-state index in [1.807, 2.05) is 0 Å². The molecule has 1 aliphatic carbocycles. The van der Waals surface area contributed by atoms with Gasteiger partial charge in [0.05, 0.1) is 7.11 Å². The van der Waals surface area contributed by atoms with Gasteiger partial charge < -0.3 is 10.1 Å². The van der Waals surface area contributed by atoms with E-state index in [1.54, 1.807) is 13.0 Å². The molecule has 1 aliphatic rings. The van der Waals surface area contributed by atoms with Crippen LogP contribution in [-0.2, 0) is 10.0 Å². The lowest BCUT2D eigenvalue weighted by molar-refractivity contribution is 0.0951. The molecule has 0 aliphatic heterocycles. The highest BCUT2D eigenvalue weighted by atomic mass is 32.2. The zero-order valence-corrected chi connectivity index (χ0v) is 12.3. The number of nitrogens with one attached hydrogen (secondary N) is 2. The van der Waals surface area contributed by atoms with E-state index in [9.17, 15) is 13.2 Å². The molecule has 1 aromatic rings. The molecule has 0 unspecified atom stereocenters. The molecule has 20 heavy (non-hydrogen) atoms. The van der Waals surface area contributed by atoms with Gasteiger partial charge in [-0.1, -0.05) is 6.92 Å². The minimum Gasteiger partial charge on any atom is -0.495 e. The second-order valence-corrected chi connectivity index (χ2v) is 6.35. The lowest BCUT2D eigenvalue weighted by Crippen LogP contribution is -2.27. The highest BCUT2D eigenvalue weighted by molar-refractivity contribution is 7.89. The fraction of sp³-hybridized carbons (Fsp3) is 0.462. The zero-order valence-electron chi connectivity index (χ0n) is 11.5. The molecule has 2 rings (SSSR count). The Morgan fingerprint density at radius 3 is 2.65 bits per heavy atom. The second kappa shape index (κ2) is 5.80. The van der Waals surface area contributed by atoms with Crippen molar-refractivity contribution in [2.24, 2.45) is 0 Å². The number of rotatable bonds is 6. The average molecular weight is 298 g/mol. The van der Waals surface area contributed by atoms with Crippen molar-refractivity contribution in [3.05, 3.63) is 23.8 Å². The first-order valence-corrected chi connectivity index (χ1v) is 7.95. The van der Waals surface area contributed by atoms with Crippen molar-refractivity contribution in [3.63, 3.8) is 0 Å². The van der Waals surface area contributed by atoms with Gasteiger partial charge in [0, 0.05) is 18.2 Å². The van der Waals surface area contributed by atoms with Gasteiger partial charge >= 0.3 is 0 Å². The van der Waals surface area contributed by atoms with Crippen molar-refractivity contribution in [1.29, 1.82) is 0 Å². The number of carbonyl (C=O) groups excluding carboxylic acids is 1. The predicted octanol–water partition coefficient (Wildman–Crippen LogP) is 0.886. The van der Waals surface area contributed by atoms with Crippen LogP contribution in [-0.4, -0.2) is 34.0 Å². The standard InChI is InChI=1S/C13H18N2O4S/c1-3-14-20(17,18)12-8-9(4-7-11(12)19-2)13(16)15-10-5-6-10/h4,7-8,10,14H,3,5-6H2,1-2H3,(H,15,16). The minimum absolute atomic E-state index is 0.0229. The number of benzene rings is 1.